The second-order valence-corrected chi connectivity index (χ2v) is 15.8. The van der Waals surface area contributed by atoms with Gasteiger partial charge in [0.1, 0.15) is 0 Å². The van der Waals surface area contributed by atoms with Crippen molar-refractivity contribution in [3.63, 3.8) is 0 Å². The van der Waals surface area contributed by atoms with Crippen molar-refractivity contribution in [2.45, 2.75) is 110 Å². The normalized spacial score (nSPS) is 33.9. The largest absolute Gasteiger partial charge is 0.465 e. The van der Waals surface area contributed by atoms with Crippen LogP contribution in [0, 0.1) is 40.4 Å². The molecule has 0 aliphatic heterocycles. The van der Waals surface area contributed by atoms with Gasteiger partial charge in [-0.1, -0.05) is 38.1 Å². The molecular formula is C40H54N2O6. The highest BCUT2D eigenvalue weighted by Gasteiger charge is 2.62. The van der Waals surface area contributed by atoms with Gasteiger partial charge >= 0.3 is 5.97 Å². The molecule has 9 atom stereocenters. The van der Waals surface area contributed by atoms with Crippen LogP contribution >= 0.6 is 0 Å². The molecule has 4 N–H and O–H groups in total. The molecule has 4 fully saturated rings. The summed E-state index contributed by atoms with van der Waals surface area (Å²) in [7, 11) is 1.34. The van der Waals surface area contributed by atoms with Crippen molar-refractivity contribution in [3.8, 4) is 0 Å². The maximum Gasteiger partial charge on any atom is 0.337 e. The average Bonchev–Trinajstić information content (AvgIpc) is 3.43. The average molecular weight is 659 g/mol. The lowest BCUT2D eigenvalue weighted by atomic mass is 9.44. The maximum absolute atomic E-state index is 12.8. The minimum Gasteiger partial charge on any atom is -0.465 e. The lowest BCUT2D eigenvalue weighted by Crippen LogP contribution is -2.58. The number of aliphatic hydroxyl groups is 2. The van der Waals surface area contributed by atoms with Crippen molar-refractivity contribution in [1.82, 2.24) is 10.6 Å². The van der Waals surface area contributed by atoms with Crippen LogP contribution in [0.25, 0.3) is 0 Å². The molecule has 4 aliphatic rings. The molecule has 4 aliphatic carbocycles. The number of hydrogen-bond donors (Lipinski definition) is 4. The fourth-order valence-corrected chi connectivity index (χ4v) is 10.5. The number of rotatable bonds is 10. The van der Waals surface area contributed by atoms with E-state index >= 15 is 0 Å². The summed E-state index contributed by atoms with van der Waals surface area (Å²) in [5.74, 6) is 1.99. The van der Waals surface area contributed by atoms with E-state index in [1.807, 2.05) is 12.1 Å². The Morgan fingerprint density at radius 1 is 0.792 bits per heavy atom. The third-order valence-corrected chi connectivity index (χ3v) is 13.3. The van der Waals surface area contributed by atoms with Crippen molar-refractivity contribution in [2.24, 2.45) is 40.4 Å². The van der Waals surface area contributed by atoms with E-state index in [0.717, 1.165) is 49.7 Å². The number of esters is 1. The summed E-state index contributed by atoms with van der Waals surface area (Å²) in [6.07, 6.45) is 10.4. The number of hydrogen-bond acceptors (Lipinski definition) is 6. The van der Waals surface area contributed by atoms with E-state index in [1.54, 1.807) is 36.4 Å². The van der Waals surface area contributed by atoms with E-state index in [4.69, 9.17) is 4.74 Å². The second kappa shape index (κ2) is 14.3. The van der Waals surface area contributed by atoms with Crippen LogP contribution in [0.1, 0.15) is 116 Å². The van der Waals surface area contributed by atoms with Gasteiger partial charge in [0, 0.05) is 25.1 Å². The Hall–Kier alpha value is -3.23. The lowest BCUT2D eigenvalue weighted by molar-refractivity contribution is -0.172. The second-order valence-electron chi connectivity index (χ2n) is 15.8. The highest BCUT2D eigenvalue weighted by atomic mass is 16.5. The number of carbonyl (C=O) groups excluding carboxylic acids is 3. The predicted molar refractivity (Wildman–Crippen MR) is 184 cm³/mol. The Morgan fingerprint density at radius 3 is 2.10 bits per heavy atom. The molecule has 8 nitrogen and oxygen atoms in total. The minimum atomic E-state index is -0.396. The number of carbonyl (C=O) groups is 3. The van der Waals surface area contributed by atoms with Gasteiger partial charge in [-0.3, -0.25) is 9.59 Å². The molecule has 0 saturated heterocycles. The number of ether oxygens (including phenoxy) is 1. The fourth-order valence-electron chi connectivity index (χ4n) is 10.5. The van der Waals surface area contributed by atoms with Crippen molar-refractivity contribution in [2.75, 3.05) is 7.11 Å². The smallest absolute Gasteiger partial charge is 0.337 e. The summed E-state index contributed by atoms with van der Waals surface area (Å²) < 4.78 is 4.72. The van der Waals surface area contributed by atoms with Gasteiger partial charge < -0.3 is 25.6 Å². The van der Waals surface area contributed by atoms with Crippen molar-refractivity contribution in [3.05, 3.63) is 70.8 Å². The third-order valence-electron chi connectivity index (χ3n) is 13.3. The first-order chi connectivity index (χ1) is 23.0. The molecule has 4 saturated carbocycles. The van der Waals surface area contributed by atoms with Crippen LogP contribution in [0.15, 0.2) is 48.5 Å². The summed E-state index contributed by atoms with van der Waals surface area (Å²) in [5, 5.41) is 27.8. The molecule has 0 radical (unpaired) electrons. The molecule has 48 heavy (non-hydrogen) atoms. The Labute approximate surface area is 285 Å². The molecular weight excluding hydrogens is 604 g/mol. The predicted octanol–water partition coefficient (Wildman–Crippen LogP) is 6.18. The van der Waals surface area contributed by atoms with Gasteiger partial charge in [0.2, 0.25) is 5.91 Å². The minimum absolute atomic E-state index is 0.0552. The number of aliphatic hydroxyl groups excluding tert-OH is 2. The summed E-state index contributed by atoms with van der Waals surface area (Å²) in [5.41, 5.74) is 3.30. The van der Waals surface area contributed by atoms with E-state index in [9.17, 15) is 24.6 Å². The quantitative estimate of drug-likeness (QED) is 0.226. The van der Waals surface area contributed by atoms with Crippen molar-refractivity contribution in [1.29, 1.82) is 0 Å². The summed E-state index contributed by atoms with van der Waals surface area (Å²) in [4.78, 5) is 37.0. The molecule has 260 valence electrons. The monoisotopic (exact) mass is 658 g/mol. The summed E-state index contributed by atoms with van der Waals surface area (Å²) >= 11 is 0. The van der Waals surface area contributed by atoms with Gasteiger partial charge in [-0.2, -0.15) is 0 Å². The first kappa shape index (κ1) is 34.6. The van der Waals surface area contributed by atoms with E-state index in [0.29, 0.717) is 60.2 Å². The Morgan fingerprint density at radius 2 is 1.42 bits per heavy atom. The number of fused-ring (bicyclic) bond motifs is 5. The molecule has 6 rings (SSSR count). The van der Waals surface area contributed by atoms with E-state index in [2.05, 4.69) is 24.5 Å². The SMILES string of the molecule is COC(=O)c1ccc(CNC(=O)c2ccc(CNC(=O)CCCC3CCC4C5C(CC[C@]34C)C3(C)CC[C@@H](O)CC3C[C@@H]5O)cc2)cc1. The van der Waals surface area contributed by atoms with Crippen LogP contribution in [-0.2, 0) is 22.6 Å². The van der Waals surface area contributed by atoms with Gasteiger partial charge in [-0.15, -0.1) is 0 Å². The zero-order valence-corrected chi connectivity index (χ0v) is 28.9. The summed E-state index contributed by atoms with van der Waals surface area (Å²) in [6.45, 7) is 5.71. The molecule has 0 bridgehead atoms. The standard InChI is InChI=1S/C40H54N2O6/c1-39-20-18-33-36(34(44)22-30-21-31(43)17-19-40(30,33)2)32(39)16-15-29(39)5-4-6-35(45)41-23-25-7-11-27(12-8-25)37(46)42-24-26-9-13-28(14-10-26)38(47)48-3/h7-14,29-34,36,43-44H,4-6,15-24H2,1-3H3,(H,41,45)(H,42,46)/t29?,30?,31-,32?,33?,34+,36?,39-,40?/m1/s1. The molecule has 2 aromatic rings. The van der Waals surface area contributed by atoms with Gasteiger partial charge in [-0.25, -0.2) is 4.79 Å². The number of nitrogens with one attached hydrogen (secondary N) is 2. The molecule has 2 amide bonds. The van der Waals surface area contributed by atoms with Crippen LogP contribution in [0.4, 0.5) is 0 Å². The first-order valence-corrected chi connectivity index (χ1v) is 18.2. The van der Waals surface area contributed by atoms with E-state index < -0.39 is 5.97 Å². The van der Waals surface area contributed by atoms with Crippen LogP contribution in [0.5, 0.6) is 0 Å². The summed E-state index contributed by atoms with van der Waals surface area (Å²) in [6, 6.07) is 14.2. The number of methoxy groups -OCH3 is 1. The molecule has 0 aromatic heterocycles. The van der Waals surface area contributed by atoms with Crippen LogP contribution < -0.4 is 10.6 Å². The first-order valence-electron chi connectivity index (χ1n) is 18.2. The van der Waals surface area contributed by atoms with E-state index in [-0.39, 0.29) is 34.9 Å². The lowest BCUT2D eigenvalue weighted by Gasteiger charge is -2.62. The molecule has 0 spiro atoms. The third kappa shape index (κ3) is 6.93. The highest BCUT2D eigenvalue weighted by Crippen LogP contribution is 2.67. The zero-order chi connectivity index (χ0) is 34.1. The number of amides is 2. The highest BCUT2D eigenvalue weighted by molar-refractivity contribution is 5.94. The van der Waals surface area contributed by atoms with Gasteiger partial charge in [-0.05, 0) is 140 Å². The van der Waals surface area contributed by atoms with E-state index in [1.165, 1.54) is 32.8 Å². The topological polar surface area (TPSA) is 125 Å². The fraction of sp³-hybridized carbons (Fsp3) is 0.625. The van der Waals surface area contributed by atoms with Crippen LogP contribution in [-0.4, -0.2) is 47.3 Å². The van der Waals surface area contributed by atoms with Crippen molar-refractivity contribution < 1.29 is 29.3 Å². The van der Waals surface area contributed by atoms with Crippen LogP contribution in [0.3, 0.4) is 0 Å². The maximum atomic E-state index is 12.8. The van der Waals surface area contributed by atoms with Gasteiger partial charge in [0.05, 0.1) is 24.9 Å². The van der Waals surface area contributed by atoms with Gasteiger partial charge in [0.25, 0.3) is 5.91 Å². The molecule has 8 heteroatoms. The van der Waals surface area contributed by atoms with Crippen LogP contribution in [0.2, 0.25) is 0 Å². The Bertz CT molecular complexity index is 1460. The molecule has 0 heterocycles. The Kier molecular flexibility index (Phi) is 10.3. The zero-order valence-electron chi connectivity index (χ0n) is 28.9. The van der Waals surface area contributed by atoms with Crippen molar-refractivity contribution >= 4 is 17.8 Å². The number of benzene rings is 2. The Balaban J connectivity index is 0.931. The molecule has 2 aromatic carbocycles. The van der Waals surface area contributed by atoms with Gasteiger partial charge in [0.15, 0.2) is 0 Å². The molecule has 6 unspecified atom stereocenters.